The van der Waals surface area contributed by atoms with Crippen LogP contribution in [0.15, 0.2) is 42.5 Å². The van der Waals surface area contributed by atoms with E-state index in [1.54, 1.807) is 49.4 Å². The van der Waals surface area contributed by atoms with E-state index >= 15 is 0 Å². The molecule has 4 rings (SSSR count). The Balaban J connectivity index is 2.06. The summed E-state index contributed by atoms with van der Waals surface area (Å²) in [6.07, 6.45) is -1.38. The van der Waals surface area contributed by atoms with Crippen LogP contribution in [0.5, 0.6) is 5.75 Å². The van der Waals surface area contributed by atoms with Gasteiger partial charge in [-0.05, 0) is 36.4 Å². The first kappa shape index (κ1) is 21.9. The second-order valence-corrected chi connectivity index (χ2v) is 8.45. The Morgan fingerprint density at radius 3 is 2.09 bits per heavy atom. The molecule has 9 heteroatoms. The van der Waals surface area contributed by atoms with E-state index in [-0.39, 0.29) is 15.6 Å². The SMILES string of the molecule is COc1ccc(C23OC(=N)C(C#N)(C2C)C(C#N)(C#N)C(c2c(Cl)cccc2Cl)O3)cc1. The number of ether oxygens (including phenoxy) is 3. The standard InChI is InChI=1S/C23H16Cl2N4O3/c1-13-22(12-28)20(29)32-23(13,14-6-8-15(30-2)9-7-14)31-19(21(22,10-26)11-27)18-16(24)4-3-5-17(18)25/h3-9,13,19,29H,1-2H3. The van der Waals surface area contributed by atoms with Gasteiger partial charge in [-0.15, -0.1) is 0 Å². The Morgan fingerprint density at radius 2 is 1.59 bits per heavy atom. The molecule has 0 spiro atoms. The van der Waals surface area contributed by atoms with Crippen molar-refractivity contribution in [3.63, 3.8) is 0 Å². The summed E-state index contributed by atoms with van der Waals surface area (Å²) in [4.78, 5) is 0. The number of methoxy groups -OCH3 is 1. The first-order valence-electron chi connectivity index (χ1n) is 9.56. The molecule has 2 fully saturated rings. The van der Waals surface area contributed by atoms with Crippen LogP contribution in [0.2, 0.25) is 10.0 Å². The van der Waals surface area contributed by atoms with Gasteiger partial charge < -0.3 is 14.2 Å². The zero-order valence-electron chi connectivity index (χ0n) is 17.0. The highest BCUT2D eigenvalue weighted by molar-refractivity contribution is 6.36. The van der Waals surface area contributed by atoms with Crippen LogP contribution in [0.1, 0.15) is 24.2 Å². The van der Waals surface area contributed by atoms with Gasteiger partial charge in [0.1, 0.15) is 11.9 Å². The van der Waals surface area contributed by atoms with Crippen LogP contribution in [0, 0.1) is 56.2 Å². The Labute approximate surface area is 194 Å². The highest BCUT2D eigenvalue weighted by atomic mass is 35.5. The molecule has 2 saturated heterocycles. The molecule has 7 nitrogen and oxygen atoms in total. The molecule has 4 atom stereocenters. The van der Waals surface area contributed by atoms with E-state index < -0.39 is 34.5 Å². The van der Waals surface area contributed by atoms with Crippen molar-refractivity contribution in [1.29, 1.82) is 21.2 Å². The molecule has 2 aliphatic rings. The van der Waals surface area contributed by atoms with Crippen molar-refractivity contribution in [2.45, 2.75) is 18.8 Å². The zero-order valence-corrected chi connectivity index (χ0v) is 18.5. The van der Waals surface area contributed by atoms with Crippen LogP contribution >= 0.6 is 23.2 Å². The molecule has 2 heterocycles. The molecule has 0 saturated carbocycles. The normalized spacial score (nSPS) is 29.8. The van der Waals surface area contributed by atoms with E-state index in [1.807, 2.05) is 12.1 Å². The van der Waals surface area contributed by atoms with Crippen molar-refractivity contribution in [3.05, 3.63) is 63.6 Å². The predicted molar refractivity (Wildman–Crippen MR) is 115 cm³/mol. The summed E-state index contributed by atoms with van der Waals surface area (Å²) in [6.45, 7) is 1.63. The highest BCUT2D eigenvalue weighted by Gasteiger charge is 2.80. The molecule has 2 aliphatic heterocycles. The molecule has 2 aromatic rings. The van der Waals surface area contributed by atoms with Gasteiger partial charge in [0.25, 0.3) is 0 Å². The van der Waals surface area contributed by atoms with Gasteiger partial charge in [0.15, 0.2) is 5.41 Å². The third-order valence-electron chi connectivity index (χ3n) is 6.42. The summed E-state index contributed by atoms with van der Waals surface area (Å²) < 4.78 is 17.6. The minimum atomic E-state index is -2.15. The number of halogens is 2. The Hall–Kier alpha value is -3.28. The minimum Gasteiger partial charge on any atom is -0.497 e. The molecule has 4 unspecified atom stereocenters. The molecular formula is C23H16Cl2N4O3. The Morgan fingerprint density at radius 1 is 1.00 bits per heavy atom. The molecular weight excluding hydrogens is 451 g/mol. The number of rotatable bonds is 3. The lowest BCUT2D eigenvalue weighted by Crippen LogP contribution is -2.57. The van der Waals surface area contributed by atoms with Crippen LogP contribution in [-0.4, -0.2) is 13.0 Å². The molecule has 0 aromatic heterocycles. The van der Waals surface area contributed by atoms with Crippen LogP contribution in [0.4, 0.5) is 0 Å². The second kappa shape index (κ2) is 7.40. The maximum absolute atomic E-state index is 10.3. The van der Waals surface area contributed by atoms with Crippen LogP contribution in [-0.2, 0) is 15.3 Å². The maximum Gasteiger partial charge on any atom is 0.244 e. The van der Waals surface area contributed by atoms with Gasteiger partial charge >= 0.3 is 0 Å². The van der Waals surface area contributed by atoms with Crippen molar-refractivity contribution in [2.24, 2.45) is 16.7 Å². The number of nitrogens with one attached hydrogen (secondary N) is 1. The Kier molecular flexibility index (Phi) is 5.07. The molecule has 2 bridgehead atoms. The average Bonchev–Trinajstić information content (AvgIpc) is 2.96. The van der Waals surface area contributed by atoms with Crippen molar-refractivity contribution >= 4 is 29.1 Å². The summed E-state index contributed by atoms with van der Waals surface area (Å²) in [6, 6.07) is 17.5. The van der Waals surface area contributed by atoms with Gasteiger partial charge in [0, 0.05) is 21.2 Å². The topological polar surface area (TPSA) is 123 Å². The number of hydrogen-bond donors (Lipinski definition) is 1. The fraction of sp³-hybridized carbons (Fsp3) is 0.304. The van der Waals surface area contributed by atoms with E-state index in [9.17, 15) is 15.8 Å². The van der Waals surface area contributed by atoms with Crippen LogP contribution < -0.4 is 4.74 Å². The molecule has 0 aliphatic carbocycles. The van der Waals surface area contributed by atoms with Crippen molar-refractivity contribution in [3.8, 4) is 24.0 Å². The van der Waals surface area contributed by atoms with Gasteiger partial charge in [-0.2, -0.15) is 15.8 Å². The lowest BCUT2D eigenvalue weighted by Gasteiger charge is -2.49. The quantitative estimate of drug-likeness (QED) is 0.669. The molecule has 32 heavy (non-hydrogen) atoms. The fourth-order valence-corrected chi connectivity index (χ4v) is 5.31. The third kappa shape index (κ3) is 2.46. The molecule has 0 amide bonds. The van der Waals surface area contributed by atoms with Crippen molar-refractivity contribution < 1.29 is 14.2 Å². The zero-order chi connectivity index (χ0) is 23.3. The maximum atomic E-state index is 10.3. The van der Waals surface area contributed by atoms with E-state index in [2.05, 4.69) is 6.07 Å². The van der Waals surface area contributed by atoms with Gasteiger partial charge in [-0.3, -0.25) is 5.41 Å². The number of benzene rings is 2. The van der Waals surface area contributed by atoms with E-state index in [4.69, 9.17) is 42.8 Å². The second-order valence-electron chi connectivity index (χ2n) is 7.63. The van der Waals surface area contributed by atoms with E-state index in [0.29, 0.717) is 11.3 Å². The monoisotopic (exact) mass is 466 g/mol. The van der Waals surface area contributed by atoms with Crippen LogP contribution in [0.25, 0.3) is 0 Å². The summed E-state index contributed by atoms with van der Waals surface area (Å²) >= 11 is 12.9. The summed E-state index contributed by atoms with van der Waals surface area (Å²) in [7, 11) is 1.53. The smallest absolute Gasteiger partial charge is 0.244 e. The van der Waals surface area contributed by atoms with Gasteiger partial charge in [-0.1, -0.05) is 36.2 Å². The molecule has 2 aromatic carbocycles. The summed E-state index contributed by atoms with van der Waals surface area (Å²) in [5.41, 5.74) is -3.42. The van der Waals surface area contributed by atoms with E-state index in [0.717, 1.165) is 0 Å². The number of nitriles is 3. The Bertz CT molecular complexity index is 1210. The number of hydrogen-bond acceptors (Lipinski definition) is 7. The van der Waals surface area contributed by atoms with Crippen molar-refractivity contribution in [1.82, 2.24) is 0 Å². The summed E-state index contributed by atoms with van der Waals surface area (Å²) in [5.74, 6) is -2.46. The van der Waals surface area contributed by atoms with Gasteiger partial charge in [-0.25, -0.2) is 0 Å². The third-order valence-corrected chi connectivity index (χ3v) is 7.08. The van der Waals surface area contributed by atoms with Gasteiger partial charge in [0.2, 0.25) is 17.1 Å². The molecule has 0 radical (unpaired) electrons. The number of nitrogens with zero attached hydrogens (tertiary/aromatic N) is 3. The first-order chi connectivity index (χ1) is 15.3. The number of fused-ring (bicyclic) bond motifs is 2. The largest absolute Gasteiger partial charge is 0.497 e. The highest BCUT2D eigenvalue weighted by Crippen LogP contribution is 2.69. The van der Waals surface area contributed by atoms with Crippen LogP contribution in [0.3, 0.4) is 0 Å². The lowest BCUT2D eigenvalue weighted by atomic mass is 9.53. The molecule has 1 N–H and O–H groups in total. The molecule has 160 valence electrons. The predicted octanol–water partition coefficient (Wildman–Crippen LogP) is 5.11. The lowest BCUT2D eigenvalue weighted by molar-refractivity contribution is -0.288. The van der Waals surface area contributed by atoms with Crippen molar-refractivity contribution in [2.75, 3.05) is 7.11 Å². The average molecular weight is 467 g/mol. The fourth-order valence-electron chi connectivity index (χ4n) is 4.71. The van der Waals surface area contributed by atoms with E-state index in [1.165, 1.54) is 7.11 Å². The van der Waals surface area contributed by atoms with Gasteiger partial charge in [0.05, 0.1) is 31.2 Å². The first-order valence-corrected chi connectivity index (χ1v) is 10.3. The minimum absolute atomic E-state index is 0.163. The summed E-state index contributed by atoms with van der Waals surface area (Å²) in [5, 5.41) is 39.8.